The van der Waals surface area contributed by atoms with E-state index >= 15 is 0 Å². The van der Waals surface area contributed by atoms with Crippen LogP contribution >= 0.6 is 0 Å². The van der Waals surface area contributed by atoms with Crippen molar-refractivity contribution in [1.29, 1.82) is 0 Å². The molecule has 1 aliphatic rings. The summed E-state index contributed by atoms with van der Waals surface area (Å²) in [6, 6.07) is 10.4. The number of hydrogen-bond acceptors (Lipinski definition) is 5. The number of piperidine rings is 1. The number of carbonyl (C=O) groups excluding carboxylic acids is 1. The lowest BCUT2D eigenvalue weighted by molar-refractivity contribution is -0.116. The van der Waals surface area contributed by atoms with Gasteiger partial charge in [0.05, 0.1) is 6.20 Å². The summed E-state index contributed by atoms with van der Waals surface area (Å²) in [7, 11) is 0. The average Bonchev–Trinajstić information content (AvgIpc) is 3.26. The van der Waals surface area contributed by atoms with E-state index in [9.17, 15) is 4.79 Å². The zero-order chi connectivity index (χ0) is 22.5. The predicted octanol–water partition coefficient (Wildman–Crippen LogP) is 3.73. The lowest BCUT2D eigenvalue weighted by Crippen LogP contribution is -2.27. The van der Waals surface area contributed by atoms with E-state index in [0.717, 1.165) is 54.2 Å². The normalized spacial score (nSPS) is 14.6. The van der Waals surface area contributed by atoms with Crippen LogP contribution < -0.4 is 16.0 Å². The summed E-state index contributed by atoms with van der Waals surface area (Å²) in [5, 5.41) is 14.5. The fraction of sp³-hybridized carbons (Fsp3) is 0.400. The summed E-state index contributed by atoms with van der Waals surface area (Å²) in [6.07, 6.45) is 5.43. The molecule has 32 heavy (non-hydrogen) atoms. The van der Waals surface area contributed by atoms with Crippen molar-refractivity contribution >= 4 is 17.4 Å². The van der Waals surface area contributed by atoms with Crippen molar-refractivity contribution in [3.8, 4) is 0 Å². The van der Waals surface area contributed by atoms with E-state index in [-0.39, 0.29) is 5.91 Å². The number of nitrogens with zero attached hydrogens (tertiary/aromatic N) is 3. The van der Waals surface area contributed by atoms with E-state index in [0.29, 0.717) is 24.9 Å². The Morgan fingerprint density at radius 2 is 2.00 bits per heavy atom. The molecule has 0 saturated carbocycles. The molecule has 0 unspecified atom stereocenters. The van der Waals surface area contributed by atoms with Crippen molar-refractivity contribution < 1.29 is 4.79 Å². The minimum Gasteiger partial charge on any atom is -0.366 e. The number of rotatable bonds is 8. The van der Waals surface area contributed by atoms with Gasteiger partial charge in [-0.05, 0) is 49.1 Å². The second-order valence-electron chi connectivity index (χ2n) is 8.68. The summed E-state index contributed by atoms with van der Waals surface area (Å²) < 4.78 is 1.92. The van der Waals surface area contributed by atoms with Gasteiger partial charge >= 0.3 is 0 Å². The highest BCUT2D eigenvalue weighted by atomic mass is 16.1. The number of aromatic nitrogens is 3. The Bertz CT molecular complexity index is 1100. The standard InChI is InChI=1S/C25H32N6O/c1-4-24(32)28-15-19-7-5-6-18(12-19)14-27-23-13-22(20-8-10-26-11-9-20)30-25-21(17(2)3)16-29-31(23)25/h4-7,12-13,16-17,20,26-27H,1,8-11,14-15H2,2-3H3,(H,28,32). The molecule has 1 aromatic carbocycles. The third kappa shape index (κ3) is 4.99. The van der Waals surface area contributed by atoms with Crippen molar-refractivity contribution in [3.63, 3.8) is 0 Å². The molecule has 0 radical (unpaired) electrons. The zero-order valence-electron chi connectivity index (χ0n) is 18.9. The van der Waals surface area contributed by atoms with E-state index in [1.165, 1.54) is 11.6 Å². The summed E-state index contributed by atoms with van der Waals surface area (Å²) in [6.45, 7) is 11.1. The fourth-order valence-electron chi connectivity index (χ4n) is 4.16. The highest BCUT2D eigenvalue weighted by Crippen LogP contribution is 2.29. The Morgan fingerprint density at radius 3 is 2.72 bits per heavy atom. The molecule has 3 N–H and O–H groups in total. The van der Waals surface area contributed by atoms with Crippen molar-refractivity contribution in [2.75, 3.05) is 18.4 Å². The number of nitrogens with one attached hydrogen (secondary N) is 3. The van der Waals surface area contributed by atoms with Gasteiger partial charge in [0.1, 0.15) is 5.82 Å². The molecule has 1 aliphatic heterocycles. The molecule has 0 spiro atoms. The Balaban J connectivity index is 1.58. The maximum Gasteiger partial charge on any atom is 0.243 e. The molecule has 1 fully saturated rings. The largest absolute Gasteiger partial charge is 0.366 e. The summed E-state index contributed by atoms with van der Waals surface area (Å²) >= 11 is 0. The van der Waals surface area contributed by atoms with Gasteiger partial charge in [-0.25, -0.2) is 4.98 Å². The minimum atomic E-state index is -0.169. The molecule has 168 valence electrons. The fourth-order valence-corrected chi connectivity index (χ4v) is 4.16. The van der Waals surface area contributed by atoms with E-state index in [1.54, 1.807) is 0 Å². The third-order valence-electron chi connectivity index (χ3n) is 6.02. The lowest BCUT2D eigenvalue weighted by Gasteiger charge is -2.23. The first-order valence-electron chi connectivity index (χ1n) is 11.4. The molecule has 1 saturated heterocycles. The monoisotopic (exact) mass is 432 g/mol. The lowest BCUT2D eigenvalue weighted by atomic mass is 9.94. The van der Waals surface area contributed by atoms with Gasteiger partial charge in [-0.2, -0.15) is 9.61 Å². The maximum absolute atomic E-state index is 11.5. The second kappa shape index (κ2) is 9.96. The Kier molecular flexibility index (Phi) is 6.85. The van der Waals surface area contributed by atoms with Gasteiger partial charge in [-0.15, -0.1) is 0 Å². The van der Waals surface area contributed by atoms with Gasteiger partial charge in [0, 0.05) is 36.3 Å². The third-order valence-corrected chi connectivity index (χ3v) is 6.02. The minimum absolute atomic E-state index is 0.169. The van der Waals surface area contributed by atoms with Crippen molar-refractivity contribution in [2.45, 2.75) is 51.6 Å². The van der Waals surface area contributed by atoms with Crippen LogP contribution in [0.4, 0.5) is 5.82 Å². The number of anilines is 1. The first kappa shape index (κ1) is 22.0. The number of amides is 1. The van der Waals surface area contributed by atoms with Gasteiger partial charge in [0.15, 0.2) is 5.65 Å². The molecule has 0 aliphatic carbocycles. The molecule has 0 bridgehead atoms. The molecule has 0 atom stereocenters. The van der Waals surface area contributed by atoms with Crippen LogP contribution in [0.5, 0.6) is 0 Å². The predicted molar refractivity (Wildman–Crippen MR) is 128 cm³/mol. The summed E-state index contributed by atoms with van der Waals surface area (Å²) in [4.78, 5) is 16.5. The average molecular weight is 433 g/mol. The summed E-state index contributed by atoms with van der Waals surface area (Å²) in [5.74, 6) is 1.62. The molecule has 4 rings (SSSR count). The Labute approximate surface area is 189 Å². The van der Waals surface area contributed by atoms with Crippen LogP contribution in [-0.2, 0) is 17.9 Å². The van der Waals surface area contributed by atoms with E-state index in [2.05, 4.69) is 59.7 Å². The van der Waals surface area contributed by atoms with Crippen molar-refractivity contribution in [2.24, 2.45) is 0 Å². The van der Waals surface area contributed by atoms with Crippen LogP contribution in [0.25, 0.3) is 5.65 Å². The van der Waals surface area contributed by atoms with E-state index < -0.39 is 0 Å². The van der Waals surface area contributed by atoms with Crippen LogP contribution in [0.2, 0.25) is 0 Å². The molecule has 3 aromatic rings. The quantitative estimate of drug-likeness (QED) is 0.473. The van der Waals surface area contributed by atoms with Gasteiger partial charge in [-0.1, -0.05) is 44.7 Å². The van der Waals surface area contributed by atoms with Crippen LogP contribution in [0.1, 0.15) is 60.9 Å². The number of hydrogen-bond donors (Lipinski definition) is 3. The Morgan fingerprint density at radius 1 is 1.25 bits per heavy atom. The van der Waals surface area contributed by atoms with Crippen molar-refractivity contribution in [3.05, 3.63) is 71.6 Å². The molecule has 3 heterocycles. The van der Waals surface area contributed by atoms with Crippen LogP contribution in [0.15, 0.2) is 49.2 Å². The molecule has 2 aromatic heterocycles. The molecule has 1 amide bonds. The molecule has 7 heteroatoms. The van der Waals surface area contributed by atoms with Crippen LogP contribution in [-0.4, -0.2) is 33.6 Å². The maximum atomic E-state index is 11.5. The van der Waals surface area contributed by atoms with E-state index in [1.807, 2.05) is 22.8 Å². The second-order valence-corrected chi connectivity index (χ2v) is 8.68. The van der Waals surface area contributed by atoms with Crippen LogP contribution in [0.3, 0.4) is 0 Å². The molecular formula is C25H32N6O. The smallest absolute Gasteiger partial charge is 0.243 e. The van der Waals surface area contributed by atoms with Gasteiger partial charge in [0.25, 0.3) is 0 Å². The zero-order valence-corrected chi connectivity index (χ0v) is 18.9. The van der Waals surface area contributed by atoms with Crippen LogP contribution in [0, 0.1) is 0 Å². The SMILES string of the molecule is C=CC(=O)NCc1cccc(CNc2cc(C3CCNCC3)nc3c(C(C)C)cnn23)c1. The highest BCUT2D eigenvalue weighted by Gasteiger charge is 2.20. The number of benzene rings is 1. The summed E-state index contributed by atoms with van der Waals surface area (Å²) in [5.41, 5.74) is 5.45. The molecule has 7 nitrogen and oxygen atoms in total. The number of carbonyl (C=O) groups is 1. The van der Waals surface area contributed by atoms with Gasteiger partial charge < -0.3 is 16.0 Å². The Hall–Kier alpha value is -3.19. The topological polar surface area (TPSA) is 83.4 Å². The van der Waals surface area contributed by atoms with Gasteiger partial charge in [0.2, 0.25) is 5.91 Å². The first-order valence-corrected chi connectivity index (χ1v) is 11.4. The number of fused-ring (bicyclic) bond motifs is 1. The van der Waals surface area contributed by atoms with Crippen molar-refractivity contribution in [1.82, 2.24) is 25.2 Å². The molecular weight excluding hydrogens is 400 g/mol. The van der Waals surface area contributed by atoms with Gasteiger partial charge in [-0.3, -0.25) is 4.79 Å². The first-order chi connectivity index (χ1) is 15.5. The highest BCUT2D eigenvalue weighted by molar-refractivity contribution is 5.86. The van der Waals surface area contributed by atoms with E-state index in [4.69, 9.17) is 4.98 Å².